The molecule has 1 aromatic carbocycles. The van der Waals surface area contributed by atoms with E-state index in [9.17, 15) is 20.2 Å². The van der Waals surface area contributed by atoms with E-state index in [0.717, 1.165) is 5.56 Å². The van der Waals surface area contributed by atoms with Crippen LogP contribution in [0.15, 0.2) is 29.4 Å². The number of ether oxygens (including phenoxy) is 1. The second-order valence-electron chi connectivity index (χ2n) is 8.08. The quantitative estimate of drug-likeness (QED) is 0.342. The molecule has 0 saturated carbocycles. The molecule has 1 N–H and O–H groups in total. The van der Waals surface area contributed by atoms with Crippen LogP contribution < -0.4 is 0 Å². The second kappa shape index (κ2) is 8.29. The summed E-state index contributed by atoms with van der Waals surface area (Å²) in [6.45, 7) is 6.36. The Bertz CT molecular complexity index is 786. The summed E-state index contributed by atoms with van der Waals surface area (Å²) in [6, 6.07) is 5.91. The van der Waals surface area contributed by atoms with Gasteiger partial charge in [0.05, 0.1) is 7.11 Å². The van der Waals surface area contributed by atoms with Gasteiger partial charge in [0.1, 0.15) is 6.04 Å². The minimum absolute atomic E-state index is 0.204. The number of likely N-dealkylation sites (tertiary alicyclic amines) is 1. The molecule has 0 radical (unpaired) electrons. The van der Waals surface area contributed by atoms with Crippen molar-refractivity contribution in [1.82, 2.24) is 4.90 Å². The molecule has 152 valence electrons. The molecule has 8 nitrogen and oxygen atoms in total. The molecule has 0 aliphatic carbocycles. The lowest BCUT2D eigenvalue weighted by Gasteiger charge is -2.54. The Morgan fingerprint density at radius 1 is 1.39 bits per heavy atom. The van der Waals surface area contributed by atoms with E-state index in [0.29, 0.717) is 11.4 Å². The summed E-state index contributed by atoms with van der Waals surface area (Å²) < 4.78 is 4.96. The summed E-state index contributed by atoms with van der Waals surface area (Å²) in [6.07, 6.45) is -0.709. The summed E-state index contributed by atoms with van der Waals surface area (Å²) in [5, 5.41) is 13.9. The van der Waals surface area contributed by atoms with Crippen molar-refractivity contribution < 1.29 is 19.4 Å². The number of rotatable bonds is 4. The molecule has 1 aliphatic rings. The fraction of sp³-hybridized carbons (Fsp3) is 0.579. The van der Waals surface area contributed by atoms with E-state index in [4.69, 9.17) is 16.3 Å². The molecule has 1 aromatic rings. The highest BCUT2D eigenvalue weighted by Crippen LogP contribution is 2.51. The molecule has 1 amide bonds. The van der Waals surface area contributed by atoms with Crippen molar-refractivity contribution in [3.05, 3.63) is 45.3 Å². The Balaban J connectivity index is 2.77. The highest BCUT2D eigenvalue weighted by atomic mass is 35.5. The van der Waals surface area contributed by atoms with Crippen molar-refractivity contribution in [2.24, 2.45) is 16.4 Å². The van der Waals surface area contributed by atoms with Gasteiger partial charge in [-0.1, -0.05) is 49.6 Å². The lowest BCUT2D eigenvalue weighted by molar-refractivity contribution is -0.146. The van der Waals surface area contributed by atoms with Gasteiger partial charge in [0.2, 0.25) is 0 Å². The van der Waals surface area contributed by atoms with Crippen molar-refractivity contribution in [1.29, 1.82) is 0 Å². The van der Waals surface area contributed by atoms with Crippen LogP contribution in [0.4, 0.5) is 4.79 Å². The number of halogens is 1. The van der Waals surface area contributed by atoms with Crippen LogP contribution in [0.25, 0.3) is 10.4 Å². The van der Waals surface area contributed by atoms with E-state index in [1.54, 1.807) is 24.3 Å². The molecule has 1 heterocycles. The fourth-order valence-corrected chi connectivity index (χ4v) is 4.43. The van der Waals surface area contributed by atoms with Gasteiger partial charge in [-0.15, -0.1) is 0 Å². The van der Waals surface area contributed by atoms with Gasteiger partial charge in [-0.3, -0.25) is 4.79 Å². The monoisotopic (exact) mass is 408 g/mol. The summed E-state index contributed by atoms with van der Waals surface area (Å²) in [5.41, 5.74) is 8.61. The van der Waals surface area contributed by atoms with Crippen LogP contribution in [-0.2, 0) is 14.9 Å². The lowest BCUT2D eigenvalue weighted by Crippen LogP contribution is -2.61. The van der Waals surface area contributed by atoms with Crippen LogP contribution in [0.1, 0.15) is 32.8 Å². The molecule has 1 saturated heterocycles. The number of methoxy groups -OCH3 is 1. The first-order valence-corrected chi connectivity index (χ1v) is 9.31. The predicted molar refractivity (Wildman–Crippen MR) is 105 cm³/mol. The van der Waals surface area contributed by atoms with Crippen molar-refractivity contribution in [3.63, 3.8) is 0 Å². The van der Waals surface area contributed by atoms with Crippen LogP contribution in [0, 0.1) is 11.3 Å². The predicted octanol–water partition coefficient (Wildman–Crippen LogP) is 4.48. The highest BCUT2D eigenvalue weighted by Gasteiger charge is 2.56. The standard InChI is InChI=1S/C19H25ClN4O4/c1-18(2,3)14-11-24(17(26)27)10-9-19(14,12-5-7-13(20)8-6-12)15(22-23-21)16(25)28-4/h5-8,14-15H,9-11H2,1-4H3,(H,26,27). The van der Waals surface area contributed by atoms with Crippen LogP contribution in [0.5, 0.6) is 0 Å². The first-order chi connectivity index (χ1) is 13.1. The zero-order chi connectivity index (χ0) is 21.1. The maximum Gasteiger partial charge on any atom is 0.407 e. The topological polar surface area (TPSA) is 116 Å². The minimum atomic E-state index is -1.14. The van der Waals surface area contributed by atoms with Crippen LogP contribution in [-0.4, -0.2) is 48.3 Å². The van der Waals surface area contributed by atoms with E-state index in [2.05, 4.69) is 10.0 Å². The summed E-state index contributed by atoms with van der Waals surface area (Å²) in [5.74, 6) is -0.966. The van der Waals surface area contributed by atoms with E-state index in [1.807, 2.05) is 20.8 Å². The Morgan fingerprint density at radius 3 is 2.46 bits per heavy atom. The average molecular weight is 409 g/mol. The van der Waals surface area contributed by atoms with Gasteiger partial charge in [-0.25, -0.2) is 4.79 Å². The van der Waals surface area contributed by atoms with Crippen LogP contribution in [0.2, 0.25) is 5.02 Å². The molecule has 2 rings (SSSR count). The van der Waals surface area contributed by atoms with Gasteiger partial charge >= 0.3 is 12.1 Å². The minimum Gasteiger partial charge on any atom is -0.469 e. The summed E-state index contributed by atoms with van der Waals surface area (Å²) in [7, 11) is 1.25. The molecule has 3 unspecified atom stereocenters. The normalized spacial score (nSPS) is 23.5. The number of benzene rings is 1. The number of hydrogen-bond donors (Lipinski definition) is 1. The molecule has 1 aliphatic heterocycles. The van der Waals surface area contributed by atoms with Crippen LogP contribution in [0.3, 0.4) is 0 Å². The zero-order valence-corrected chi connectivity index (χ0v) is 17.2. The molecule has 1 fully saturated rings. The van der Waals surface area contributed by atoms with Crippen molar-refractivity contribution in [2.45, 2.75) is 38.6 Å². The first kappa shape index (κ1) is 21.9. The van der Waals surface area contributed by atoms with Gasteiger partial charge in [-0.05, 0) is 41.0 Å². The Kier molecular flexibility index (Phi) is 6.47. The van der Waals surface area contributed by atoms with E-state index in [-0.39, 0.29) is 19.0 Å². The van der Waals surface area contributed by atoms with Crippen molar-refractivity contribution in [2.75, 3.05) is 20.2 Å². The number of amides is 1. The average Bonchev–Trinajstić information content (AvgIpc) is 2.64. The number of carbonyl (C=O) groups is 2. The number of carboxylic acid groups (broad SMARTS) is 1. The van der Waals surface area contributed by atoms with E-state index < -0.39 is 28.9 Å². The largest absolute Gasteiger partial charge is 0.469 e. The van der Waals surface area contributed by atoms with Gasteiger partial charge in [0.15, 0.2) is 0 Å². The van der Waals surface area contributed by atoms with E-state index >= 15 is 0 Å². The third-order valence-corrected chi connectivity index (χ3v) is 5.85. The fourth-order valence-electron chi connectivity index (χ4n) is 4.30. The van der Waals surface area contributed by atoms with E-state index in [1.165, 1.54) is 12.0 Å². The first-order valence-electron chi connectivity index (χ1n) is 8.94. The van der Waals surface area contributed by atoms with Gasteiger partial charge < -0.3 is 14.7 Å². The SMILES string of the molecule is COC(=O)C(N=[N+]=[N-])C1(c2ccc(Cl)cc2)CCN(C(=O)O)CC1C(C)(C)C. The Hall–Kier alpha value is -2.44. The Morgan fingerprint density at radius 2 is 2.00 bits per heavy atom. The maximum absolute atomic E-state index is 12.7. The zero-order valence-electron chi connectivity index (χ0n) is 16.4. The van der Waals surface area contributed by atoms with Crippen LogP contribution >= 0.6 is 11.6 Å². The Labute approximate surface area is 169 Å². The summed E-state index contributed by atoms with van der Waals surface area (Å²) in [4.78, 5) is 28.6. The number of carbonyl (C=O) groups excluding carboxylic acids is 1. The van der Waals surface area contributed by atoms with Gasteiger partial charge in [0, 0.05) is 28.4 Å². The third kappa shape index (κ3) is 4.03. The number of piperidine rings is 1. The van der Waals surface area contributed by atoms with Crippen molar-refractivity contribution in [3.8, 4) is 0 Å². The molecular weight excluding hydrogens is 384 g/mol. The molecule has 9 heteroatoms. The van der Waals surface area contributed by atoms with Gasteiger partial charge in [-0.2, -0.15) is 0 Å². The number of hydrogen-bond acceptors (Lipinski definition) is 4. The second-order valence-corrected chi connectivity index (χ2v) is 8.51. The molecular formula is C19H25ClN4O4. The molecule has 3 atom stereocenters. The molecule has 0 spiro atoms. The maximum atomic E-state index is 12.7. The van der Waals surface area contributed by atoms with Crippen molar-refractivity contribution >= 4 is 23.7 Å². The lowest BCUT2D eigenvalue weighted by atomic mass is 9.54. The number of azide groups is 1. The number of esters is 1. The molecule has 0 bridgehead atoms. The summed E-state index contributed by atoms with van der Waals surface area (Å²) >= 11 is 6.06. The number of nitrogens with zero attached hydrogens (tertiary/aromatic N) is 4. The highest BCUT2D eigenvalue weighted by molar-refractivity contribution is 6.30. The van der Waals surface area contributed by atoms with Gasteiger partial charge in [0.25, 0.3) is 0 Å². The smallest absolute Gasteiger partial charge is 0.407 e. The third-order valence-electron chi connectivity index (χ3n) is 5.60. The molecule has 28 heavy (non-hydrogen) atoms. The molecule has 0 aromatic heterocycles.